The lowest BCUT2D eigenvalue weighted by molar-refractivity contribution is -0.126. The average Bonchev–Trinajstić information content (AvgIpc) is 3.04. The molecule has 4 atom stereocenters. The molecule has 4 nitrogen and oxygen atoms in total. The molecule has 0 spiro atoms. The summed E-state index contributed by atoms with van der Waals surface area (Å²) >= 11 is 0. The summed E-state index contributed by atoms with van der Waals surface area (Å²) in [7, 11) is 0. The van der Waals surface area contributed by atoms with Crippen LogP contribution in [0.25, 0.3) is 0 Å². The fourth-order valence-corrected chi connectivity index (χ4v) is 3.55. The zero-order chi connectivity index (χ0) is 17.8. The minimum atomic E-state index is -0.189. The molecule has 0 saturated carbocycles. The van der Waals surface area contributed by atoms with Crippen molar-refractivity contribution in [1.82, 2.24) is 10.2 Å². The highest BCUT2D eigenvalue weighted by Gasteiger charge is 2.35. The lowest BCUT2D eigenvalue weighted by Crippen LogP contribution is -2.45. The molecule has 0 aromatic heterocycles. The van der Waals surface area contributed by atoms with Crippen LogP contribution in [0.5, 0.6) is 0 Å². The molecule has 1 heterocycles. The molecule has 2 aromatic rings. The third-order valence-corrected chi connectivity index (χ3v) is 5.21. The van der Waals surface area contributed by atoms with E-state index in [1.54, 1.807) is 0 Å². The van der Waals surface area contributed by atoms with Crippen molar-refractivity contribution < 1.29 is 4.79 Å². The molecule has 1 aliphatic rings. The number of nitrogens with one attached hydrogen (secondary N) is 1. The highest BCUT2D eigenvalue weighted by molar-refractivity contribution is 5.81. The second-order valence-electron chi connectivity index (χ2n) is 6.95. The van der Waals surface area contributed by atoms with Crippen LogP contribution in [-0.2, 0) is 4.79 Å². The van der Waals surface area contributed by atoms with Crippen LogP contribution in [0.1, 0.15) is 36.9 Å². The van der Waals surface area contributed by atoms with Crippen LogP contribution in [0.15, 0.2) is 60.7 Å². The summed E-state index contributed by atoms with van der Waals surface area (Å²) < 4.78 is 0. The van der Waals surface area contributed by atoms with Crippen LogP contribution in [0.2, 0.25) is 0 Å². The van der Waals surface area contributed by atoms with E-state index in [0.717, 1.165) is 18.7 Å². The second-order valence-corrected chi connectivity index (χ2v) is 6.95. The van der Waals surface area contributed by atoms with Crippen LogP contribution in [0.4, 0.5) is 0 Å². The largest absolute Gasteiger partial charge is 0.348 e. The molecule has 2 aromatic carbocycles. The van der Waals surface area contributed by atoms with Crippen molar-refractivity contribution in [3.05, 3.63) is 71.8 Å². The van der Waals surface area contributed by atoms with Crippen LogP contribution in [0.3, 0.4) is 0 Å². The second kappa shape index (κ2) is 7.81. The molecule has 3 rings (SSSR count). The number of carbonyl (C=O) groups excluding carboxylic acids is 1. The van der Waals surface area contributed by atoms with E-state index in [-0.39, 0.29) is 30.0 Å². The first-order chi connectivity index (χ1) is 12.1. The molecule has 25 heavy (non-hydrogen) atoms. The molecule has 3 N–H and O–H groups in total. The Morgan fingerprint density at radius 1 is 1.04 bits per heavy atom. The van der Waals surface area contributed by atoms with Crippen molar-refractivity contribution in [3.63, 3.8) is 0 Å². The van der Waals surface area contributed by atoms with Gasteiger partial charge in [-0.3, -0.25) is 9.69 Å². The third kappa shape index (κ3) is 4.09. The molecule has 0 radical (unpaired) electrons. The van der Waals surface area contributed by atoms with Gasteiger partial charge in [0.05, 0.1) is 12.1 Å². The highest BCUT2D eigenvalue weighted by Crippen LogP contribution is 2.27. The smallest absolute Gasteiger partial charge is 0.237 e. The maximum Gasteiger partial charge on any atom is 0.237 e. The fourth-order valence-electron chi connectivity index (χ4n) is 3.55. The SMILES string of the molecule is CC(NC(=O)C(C)N1C[C@@H](N)[C@H](c2ccccc2)C1)c1ccccc1. The minimum absolute atomic E-state index is 0.00246. The average molecular weight is 337 g/mol. The van der Waals surface area contributed by atoms with Gasteiger partial charge in [0.25, 0.3) is 0 Å². The lowest BCUT2D eigenvalue weighted by atomic mass is 9.95. The van der Waals surface area contributed by atoms with Gasteiger partial charge < -0.3 is 11.1 Å². The first-order valence-electron chi connectivity index (χ1n) is 8.96. The molecule has 1 fully saturated rings. The normalized spacial score (nSPS) is 23.2. The summed E-state index contributed by atoms with van der Waals surface area (Å²) in [6.07, 6.45) is 0. The minimum Gasteiger partial charge on any atom is -0.348 e. The number of hydrogen-bond acceptors (Lipinski definition) is 3. The van der Waals surface area contributed by atoms with Crippen molar-refractivity contribution in [2.45, 2.75) is 37.9 Å². The predicted octanol–water partition coefficient (Wildman–Crippen LogP) is 2.68. The van der Waals surface area contributed by atoms with Crippen LogP contribution < -0.4 is 11.1 Å². The van der Waals surface area contributed by atoms with Crippen molar-refractivity contribution in [1.29, 1.82) is 0 Å². The molecule has 1 saturated heterocycles. The van der Waals surface area contributed by atoms with E-state index in [4.69, 9.17) is 5.73 Å². The van der Waals surface area contributed by atoms with Gasteiger partial charge in [-0.1, -0.05) is 60.7 Å². The van der Waals surface area contributed by atoms with Crippen molar-refractivity contribution in [2.24, 2.45) is 5.73 Å². The molecule has 0 aliphatic carbocycles. The van der Waals surface area contributed by atoms with E-state index in [2.05, 4.69) is 22.3 Å². The molecule has 132 valence electrons. The number of rotatable bonds is 5. The Morgan fingerprint density at radius 2 is 1.64 bits per heavy atom. The topological polar surface area (TPSA) is 58.4 Å². The lowest BCUT2D eigenvalue weighted by Gasteiger charge is -2.25. The summed E-state index contributed by atoms with van der Waals surface area (Å²) in [5.41, 5.74) is 8.73. The number of likely N-dealkylation sites (tertiary alicyclic amines) is 1. The van der Waals surface area contributed by atoms with E-state index in [1.165, 1.54) is 5.56 Å². The van der Waals surface area contributed by atoms with Gasteiger partial charge in [0, 0.05) is 25.0 Å². The van der Waals surface area contributed by atoms with Gasteiger partial charge in [-0.25, -0.2) is 0 Å². The maximum absolute atomic E-state index is 12.7. The maximum atomic E-state index is 12.7. The Hall–Kier alpha value is -2.17. The highest BCUT2D eigenvalue weighted by atomic mass is 16.2. The quantitative estimate of drug-likeness (QED) is 0.882. The number of carbonyl (C=O) groups is 1. The van der Waals surface area contributed by atoms with Gasteiger partial charge in [0.1, 0.15) is 0 Å². The van der Waals surface area contributed by atoms with Crippen LogP contribution >= 0.6 is 0 Å². The summed E-state index contributed by atoms with van der Waals surface area (Å²) in [5.74, 6) is 0.334. The van der Waals surface area contributed by atoms with Gasteiger partial charge in [0.15, 0.2) is 0 Å². The Labute approximate surface area is 150 Å². The van der Waals surface area contributed by atoms with Crippen molar-refractivity contribution in [3.8, 4) is 0 Å². The molecule has 0 bridgehead atoms. The first kappa shape index (κ1) is 17.6. The number of nitrogens with two attached hydrogens (primary N) is 1. The summed E-state index contributed by atoms with van der Waals surface area (Å²) in [6.45, 7) is 5.54. The van der Waals surface area contributed by atoms with Crippen LogP contribution in [-0.4, -0.2) is 36.0 Å². The van der Waals surface area contributed by atoms with Gasteiger partial charge in [-0.05, 0) is 25.0 Å². The molecular weight excluding hydrogens is 310 g/mol. The molecule has 1 amide bonds. The first-order valence-corrected chi connectivity index (χ1v) is 8.96. The van der Waals surface area contributed by atoms with Gasteiger partial charge >= 0.3 is 0 Å². The zero-order valence-electron chi connectivity index (χ0n) is 14.9. The molecule has 1 aliphatic heterocycles. The monoisotopic (exact) mass is 337 g/mol. The predicted molar refractivity (Wildman–Crippen MR) is 101 cm³/mol. The van der Waals surface area contributed by atoms with E-state index in [0.29, 0.717) is 0 Å². The summed E-state index contributed by atoms with van der Waals surface area (Å²) in [6, 6.07) is 20.2. The number of hydrogen-bond donors (Lipinski definition) is 2. The standard InChI is InChI=1S/C21H27N3O/c1-15(17-9-5-3-6-10-17)23-21(25)16(2)24-13-19(20(22)14-24)18-11-7-4-8-12-18/h3-12,15-16,19-20H,13-14,22H2,1-2H3,(H,23,25)/t15?,16?,19-,20+/m0/s1. The fraction of sp³-hybridized carbons (Fsp3) is 0.381. The van der Waals surface area contributed by atoms with E-state index in [1.807, 2.05) is 62.4 Å². The summed E-state index contributed by atoms with van der Waals surface area (Å²) in [4.78, 5) is 14.9. The Bertz CT molecular complexity index is 689. The van der Waals surface area contributed by atoms with Gasteiger partial charge in [0.2, 0.25) is 5.91 Å². The van der Waals surface area contributed by atoms with Crippen molar-refractivity contribution in [2.75, 3.05) is 13.1 Å². The number of amides is 1. The zero-order valence-corrected chi connectivity index (χ0v) is 14.9. The summed E-state index contributed by atoms with van der Waals surface area (Å²) in [5, 5.41) is 3.12. The van der Waals surface area contributed by atoms with Crippen molar-refractivity contribution >= 4 is 5.91 Å². The van der Waals surface area contributed by atoms with Crippen LogP contribution in [0, 0.1) is 0 Å². The molecular formula is C21H27N3O. The van der Waals surface area contributed by atoms with Gasteiger partial charge in [-0.15, -0.1) is 0 Å². The van der Waals surface area contributed by atoms with Gasteiger partial charge in [-0.2, -0.15) is 0 Å². The Balaban J connectivity index is 1.61. The van der Waals surface area contributed by atoms with E-state index < -0.39 is 0 Å². The molecule has 2 unspecified atom stereocenters. The third-order valence-electron chi connectivity index (χ3n) is 5.21. The Morgan fingerprint density at radius 3 is 2.28 bits per heavy atom. The Kier molecular flexibility index (Phi) is 5.51. The number of benzene rings is 2. The number of nitrogens with zero attached hydrogens (tertiary/aromatic N) is 1. The van der Waals surface area contributed by atoms with E-state index in [9.17, 15) is 4.79 Å². The molecule has 4 heteroatoms. The van der Waals surface area contributed by atoms with E-state index >= 15 is 0 Å².